The van der Waals surface area contributed by atoms with Crippen LogP contribution in [0.2, 0.25) is 0 Å². The normalized spacial score (nSPS) is 17.4. The van der Waals surface area contributed by atoms with Crippen molar-refractivity contribution in [3.63, 3.8) is 0 Å². The Balaban J connectivity index is 1.42. The third kappa shape index (κ3) is 3.42. The van der Waals surface area contributed by atoms with Crippen molar-refractivity contribution in [2.75, 3.05) is 18.0 Å². The van der Waals surface area contributed by atoms with Gasteiger partial charge in [0.05, 0.1) is 5.56 Å². The van der Waals surface area contributed by atoms with E-state index in [0.717, 1.165) is 12.1 Å². The summed E-state index contributed by atoms with van der Waals surface area (Å²) in [5.41, 5.74) is 0.0462. The van der Waals surface area contributed by atoms with Gasteiger partial charge in [-0.05, 0) is 30.7 Å². The Hall–Kier alpha value is -3.17. The Kier molecular flexibility index (Phi) is 4.17. The fourth-order valence-electron chi connectivity index (χ4n) is 3.12. The highest BCUT2D eigenvalue weighted by atomic mass is 19.4. The van der Waals surface area contributed by atoms with E-state index >= 15 is 0 Å². The quantitative estimate of drug-likeness (QED) is 0.758. The van der Waals surface area contributed by atoms with Crippen LogP contribution in [-0.2, 0) is 6.18 Å². The topological polar surface area (TPSA) is 75.4 Å². The number of benzene rings is 1. The van der Waals surface area contributed by atoms with Crippen LogP contribution in [-0.4, -0.2) is 44.6 Å². The van der Waals surface area contributed by atoms with E-state index in [1.165, 1.54) is 12.1 Å². The zero-order valence-electron chi connectivity index (χ0n) is 14.0. The second-order valence-electron chi connectivity index (χ2n) is 6.29. The molecule has 7 nitrogen and oxygen atoms in total. The van der Waals surface area contributed by atoms with Crippen LogP contribution in [0, 0.1) is 0 Å². The fraction of sp³-hybridized carbons (Fsp3) is 0.294. The predicted molar refractivity (Wildman–Crippen MR) is 90.3 cm³/mol. The van der Waals surface area contributed by atoms with E-state index in [9.17, 15) is 18.0 Å². The summed E-state index contributed by atoms with van der Waals surface area (Å²) in [6.45, 7) is 1.21. The minimum atomic E-state index is -4.42. The van der Waals surface area contributed by atoms with Crippen molar-refractivity contribution >= 4 is 17.4 Å². The summed E-state index contributed by atoms with van der Waals surface area (Å²) >= 11 is 0. The molecule has 1 aliphatic heterocycles. The molecule has 0 radical (unpaired) electrons. The van der Waals surface area contributed by atoms with Gasteiger partial charge in [-0.1, -0.05) is 0 Å². The zero-order chi connectivity index (χ0) is 19.0. The molecule has 1 saturated heterocycles. The molecule has 1 unspecified atom stereocenters. The van der Waals surface area contributed by atoms with E-state index in [1.54, 1.807) is 23.1 Å². The lowest BCUT2D eigenvalue weighted by molar-refractivity contribution is -0.137. The van der Waals surface area contributed by atoms with Crippen LogP contribution in [0.5, 0.6) is 0 Å². The lowest BCUT2D eigenvalue weighted by Crippen LogP contribution is -2.37. The van der Waals surface area contributed by atoms with Gasteiger partial charge in [-0.25, -0.2) is 4.98 Å². The fourth-order valence-corrected chi connectivity index (χ4v) is 3.12. The Labute approximate surface area is 151 Å². The minimum Gasteiger partial charge on any atom is -0.351 e. The highest BCUT2D eigenvalue weighted by Gasteiger charge is 2.31. The van der Waals surface area contributed by atoms with Gasteiger partial charge < -0.3 is 10.2 Å². The largest absolute Gasteiger partial charge is 0.416 e. The van der Waals surface area contributed by atoms with Crippen LogP contribution in [0.3, 0.4) is 0 Å². The van der Waals surface area contributed by atoms with Crippen molar-refractivity contribution in [2.45, 2.75) is 18.6 Å². The van der Waals surface area contributed by atoms with Crippen LogP contribution in [0.25, 0.3) is 5.65 Å². The average Bonchev–Trinajstić information content (AvgIpc) is 3.30. The first kappa shape index (κ1) is 17.3. The van der Waals surface area contributed by atoms with Crippen LogP contribution in [0.1, 0.15) is 22.3 Å². The number of hydrogen-bond acceptors (Lipinski definition) is 5. The molecule has 1 amide bonds. The molecule has 1 aliphatic rings. The maximum atomic E-state index is 12.6. The summed E-state index contributed by atoms with van der Waals surface area (Å²) in [6.07, 6.45) is 1.26. The number of amides is 1. The molecular formula is C17H15F3N6O. The summed E-state index contributed by atoms with van der Waals surface area (Å²) in [5.74, 6) is 0.283. The van der Waals surface area contributed by atoms with Gasteiger partial charge in [0, 0.05) is 37.1 Å². The first-order valence-corrected chi connectivity index (χ1v) is 8.29. The Morgan fingerprint density at radius 3 is 2.74 bits per heavy atom. The van der Waals surface area contributed by atoms with Crippen molar-refractivity contribution in [2.24, 2.45) is 0 Å². The van der Waals surface area contributed by atoms with Gasteiger partial charge in [-0.15, -0.1) is 10.2 Å². The first-order chi connectivity index (χ1) is 12.9. The van der Waals surface area contributed by atoms with Crippen molar-refractivity contribution in [3.05, 3.63) is 54.1 Å². The van der Waals surface area contributed by atoms with E-state index < -0.39 is 17.6 Å². The van der Waals surface area contributed by atoms with Crippen LogP contribution in [0.15, 0.2) is 43.0 Å². The van der Waals surface area contributed by atoms with Crippen LogP contribution < -0.4 is 10.2 Å². The SMILES string of the molecule is O=C(NC1CCN(c2nccn3cnnc23)C1)c1ccc(C(F)(F)F)cc1. The molecule has 0 aliphatic carbocycles. The van der Waals surface area contributed by atoms with Crippen LogP contribution in [0.4, 0.5) is 19.0 Å². The second-order valence-corrected chi connectivity index (χ2v) is 6.29. The highest BCUT2D eigenvalue weighted by Crippen LogP contribution is 2.29. The molecule has 2 aromatic heterocycles. The number of carbonyl (C=O) groups excluding carboxylic acids is 1. The van der Waals surface area contributed by atoms with Gasteiger partial charge >= 0.3 is 6.18 Å². The van der Waals surface area contributed by atoms with Crippen molar-refractivity contribution in [1.29, 1.82) is 0 Å². The molecule has 0 saturated carbocycles. The summed E-state index contributed by atoms with van der Waals surface area (Å²) < 4.78 is 39.6. The number of carbonyl (C=O) groups is 1. The predicted octanol–water partition coefficient (Wildman–Crippen LogP) is 2.15. The summed E-state index contributed by atoms with van der Waals surface area (Å²) in [4.78, 5) is 18.7. The average molecular weight is 376 g/mol. The second kappa shape index (κ2) is 6.53. The smallest absolute Gasteiger partial charge is 0.351 e. The molecule has 27 heavy (non-hydrogen) atoms. The number of nitrogens with zero attached hydrogens (tertiary/aromatic N) is 5. The number of aromatic nitrogens is 4. The standard InChI is InChI=1S/C17H15F3N6O/c18-17(19,20)12-3-1-11(2-4-12)16(27)23-13-5-7-25(9-13)14-15-24-22-10-26(15)8-6-21-14/h1-4,6,8,10,13H,5,7,9H2,(H,23,27). The van der Waals surface area contributed by atoms with E-state index in [1.807, 2.05) is 4.90 Å². The van der Waals surface area contributed by atoms with Gasteiger partial charge in [0.25, 0.3) is 5.91 Å². The van der Waals surface area contributed by atoms with Gasteiger partial charge in [0.15, 0.2) is 5.82 Å². The third-order valence-electron chi connectivity index (χ3n) is 4.49. The number of alkyl halides is 3. The molecule has 1 N–H and O–H groups in total. The first-order valence-electron chi connectivity index (χ1n) is 8.29. The monoisotopic (exact) mass is 376 g/mol. The molecule has 3 heterocycles. The van der Waals surface area contributed by atoms with Gasteiger partial charge in [-0.3, -0.25) is 9.20 Å². The van der Waals surface area contributed by atoms with E-state index in [0.29, 0.717) is 31.0 Å². The molecule has 1 fully saturated rings. The Bertz CT molecular complexity index is 969. The van der Waals surface area contributed by atoms with E-state index in [4.69, 9.17) is 0 Å². The number of fused-ring (bicyclic) bond motifs is 1. The molecule has 0 bridgehead atoms. The molecule has 10 heteroatoms. The van der Waals surface area contributed by atoms with E-state index in [2.05, 4.69) is 20.5 Å². The molecule has 1 aromatic carbocycles. The highest BCUT2D eigenvalue weighted by molar-refractivity contribution is 5.94. The number of hydrogen-bond donors (Lipinski definition) is 1. The van der Waals surface area contributed by atoms with Crippen LogP contribution >= 0.6 is 0 Å². The lowest BCUT2D eigenvalue weighted by atomic mass is 10.1. The molecule has 1 atom stereocenters. The molecule has 0 spiro atoms. The number of anilines is 1. The number of halogens is 3. The molecule has 140 valence electrons. The maximum Gasteiger partial charge on any atom is 0.416 e. The maximum absolute atomic E-state index is 12.6. The number of nitrogens with one attached hydrogen (secondary N) is 1. The van der Waals surface area contributed by atoms with Crippen molar-refractivity contribution in [3.8, 4) is 0 Å². The van der Waals surface area contributed by atoms with Crippen molar-refractivity contribution < 1.29 is 18.0 Å². The Morgan fingerprint density at radius 2 is 2.00 bits per heavy atom. The van der Waals surface area contributed by atoms with Gasteiger partial charge in [0.2, 0.25) is 5.65 Å². The summed E-state index contributed by atoms with van der Waals surface area (Å²) in [5, 5.41) is 10.8. The zero-order valence-corrected chi connectivity index (χ0v) is 14.0. The van der Waals surface area contributed by atoms with Gasteiger partial charge in [0.1, 0.15) is 6.33 Å². The third-order valence-corrected chi connectivity index (χ3v) is 4.49. The Morgan fingerprint density at radius 1 is 1.22 bits per heavy atom. The van der Waals surface area contributed by atoms with Crippen molar-refractivity contribution in [1.82, 2.24) is 24.9 Å². The lowest BCUT2D eigenvalue weighted by Gasteiger charge is -2.18. The summed E-state index contributed by atoms with van der Waals surface area (Å²) in [6, 6.07) is 4.05. The van der Waals surface area contributed by atoms with Gasteiger partial charge in [-0.2, -0.15) is 13.2 Å². The summed E-state index contributed by atoms with van der Waals surface area (Å²) in [7, 11) is 0. The molecule has 3 aromatic rings. The molecular weight excluding hydrogens is 361 g/mol. The number of rotatable bonds is 3. The molecule has 4 rings (SSSR count). The minimum absolute atomic E-state index is 0.134. The van der Waals surface area contributed by atoms with E-state index in [-0.39, 0.29) is 11.6 Å².